The average molecular weight is 329 g/mol. The predicted molar refractivity (Wildman–Crippen MR) is 82.7 cm³/mol. The first-order valence-corrected chi connectivity index (χ1v) is 6.89. The summed E-state index contributed by atoms with van der Waals surface area (Å²) in [7, 11) is 0. The Bertz CT molecular complexity index is 490. The van der Waals surface area contributed by atoms with Crippen LogP contribution in [0.15, 0.2) is 22.7 Å². The van der Waals surface area contributed by atoms with Crippen LogP contribution < -0.4 is 11.1 Å². The summed E-state index contributed by atoms with van der Waals surface area (Å²) >= 11 is 8.40. The van der Waals surface area contributed by atoms with Crippen molar-refractivity contribution in [1.82, 2.24) is 0 Å². The first-order valence-electron chi connectivity index (χ1n) is 5.68. The largest absolute Gasteiger partial charge is 0.392 e. The first kappa shape index (κ1) is 15.1. The zero-order valence-corrected chi connectivity index (χ0v) is 13.1. The Morgan fingerprint density at radius 3 is 2.61 bits per heavy atom. The Morgan fingerprint density at radius 1 is 1.56 bits per heavy atom. The molecule has 0 saturated heterocycles. The summed E-state index contributed by atoms with van der Waals surface area (Å²) in [5, 5.41) is 2.86. The molecule has 0 aliphatic carbocycles. The lowest BCUT2D eigenvalue weighted by Gasteiger charge is -2.25. The van der Waals surface area contributed by atoms with Crippen LogP contribution in [0.25, 0.3) is 0 Å². The minimum absolute atomic E-state index is 0.167. The van der Waals surface area contributed by atoms with Crippen LogP contribution in [0.1, 0.15) is 25.8 Å². The van der Waals surface area contributed by atoms with Crippen molar-refractivity contribution in [3.8, 4) is 0 Å². The number of carbonyl (C=O) groups excluding carboxylic acids is 1. The fourth-order valence-corrected chi connectivity index (χ4v) is 1.92. The number of halogens is 1. The number of rotatable bonds is 4. The Balaban J connectivity index is 2.93. The highest BCUT2D eigenvalue weighted by molar-refractivity contribution is 9.10. The van der Waals surface area contributed by atoms with Crippen LogP contribution >= 0.6 is 28.1 Å². The van der Waals surface area contributed by atoms with Crippen molar-refractivity contribution in [1.29, 1.82) is 0 Å². The summed E-state index contributed by atoms with van der Waals surface area (Å²) < 4.78 is 1.01. The molecule has 0 aliphatic heterocycles. The number of aryl methyl sites for hydroxylation is 1. The third-order valence-electron chi connectivity index (χ3n) is 3.17. The molecule has 1 unspecified atom stereocenters. The number of amides is 1. The highest BCUT2D eigenvalue weighted by Crippen LogP contribution is 2.25. The fourth-order valence-electron chi connectivity index (χ4n) is 1.44. The summed E-state index contributed by atoms with van der Waals surface area (Å²) in [6, 6.07) is 5.64. The molecule has 1 atom stereocenters. The van der Waals surface area contributed by atoms with Crippen molar-refractivity contribution < 1.29 is 4.79 Å². The second-order valence-corrected chi connectivity index (χ2v) is 5.76. The van der Waals surface area contributed by atoms with E-state index in [0.717, 1.165) is 15.7 Å². The van der Waals surface area contributed by atoms with Gasteiger partial charge in [-0.2, -0.15) is 0 Å². The molecule has 5 heteroatoms. The summed E-state index contributed by atoms with van der Waals surface area (Å²) in [5.41, 5.74) is 6.65. The molecule has 1 rings (SSSR count). The molecule has 18 heavy (non-hydrogen) atoms. The molecule has 3 N–H and O–H groups in total. The Kier molecular flexibility index (Phi) is 4.87. The maximum Gasteiger partial charge on any atom is 0.237 e. The number of hydrogen-bond acceptors (Lipinski definition) is 2. The lowest BCUT2D eigenvalue weighted by Crippen LogP contribution is -2.43. The van der Waals surface area contributed by atoms with Gasteiger partial charge in [0.05, 0.1) is 10.4 Å². The number of thiocarbonyl (C=S) groups is 1. The molecule has 3 nitrogen and oxygen atoms in total. The molecule has 1 aromatic rings. The zero-order chi connectivity index (χ0) is 13.9. The molecule has 0 saturated carbocycles. The van der Waals surface area contributed by atoms with E-state index in [0.29, 0.717) is 6.42 Å². The van der Waals surface area contributed by atoms with E-state index in [-0.39, 0.29) is 10.9 Å². The molecule has 98 valence electrons. The smallest absolute Gasteiger partial charge is 0.237 e. The van der Waals surface area contributed by atoms with Gasteiger partial charge >= 0.3 is 0 Å². The van der Waals surface area contributed by atoms with Gasteiger partial charge in [0.2, 0.25) is 5.91 Å². The van der Waals surface area contributed by atoms with Crippen LogP contribution in [0.3, 0.4) is 0 Å². The number of hydrogen-bond donors (Lipinski definition) is 2. The second-order valence-electron chi connectivity index (χ2n) is 4.47. The van der Waals surface area contributed by atoms with Crippen molar-refractivity contribution in [2.24, 2.45) is 11.1 Å². The number of anilines is 1. The SMILES string of the molecule is CCC(C)(C(=O)Nc1ccc(Br)c(C)c1)C(N)=S. The van der Waals surface area contributed by atoms with Crippen molar-refractivity contribution in [2.75, 3.05) is 5.32 Å². The molecule has 0 fully saturated rings. The van der Waals surface area contributed by atoms with E-state index in [1.165, 1.54) is 0 Å². The first-order chi connectivity index (χ1) is 8.31. The van der Waals surface area contributed by atoms with E-state index in [1.807, 2.05) is 32.0 Å². The molecule has 0 aliphatic rings. The van der Waals surface area contributed by atoms with Crippen LogP contribution in [0.4, 0.5) is 5.69 Å². The highest BCUT2D eigenvalue weighted by atomic mass is 79.9. The van der Waals surface area contributed by atoms with Crippen LogP contribution in [0.5, 0.6) is 0 Å². The van der Waals surface area contributed by atoms with Gasteiger partial charge in [0.15, 0.2) is 0 Å². The molecule has 0 radical (unpaired) electrons. The molecule has 0 heterocycles. The lowest BCUT2D eigenvalue weighted by molar-refractivity contribution is -0.121. The van der Waals surface area contributed by atoms with Crippen LogP contribution in [0, 0.1) is 12.3 Å². The quantitative estimate of drug-likeness (QED) is 0.833. The van der Waals surface area contributed by atoms with Gasteiger partial charge in [0, 0.05) is 10.2 Å². The zero-order valence-electron chi connectivity index (χ0n) is 10.7. The third-order valence-corrected chi connectivity index (χ3v) is 4.51. The van der Waals surface area contributed by atoms with Gasteiger partial charge in [-0.05, 0) is 44.0 Å². The summed E-state index contributed by atoms with van der Waals surface area (Å²) in [6.07, 6.45) is 0.573. The second kappa shape index (κ2) is 5.80. The van der Waals surface area contributed by atoms with Crippen LogP contribution in [-0.2, 0) is 4.79 Å². The minimum atomic E-state index is -0.809. The van der Waals surface area contributed by atoms with Gasteiger partial charge in [-0.15, -0.1) is 0 Å². The Labute approximate surface area is 121 Å². The third kappa shape index (κ3) is 3.09. The minimum Gasteiger partial charge on any atom is -0.392 e. The van der Waals surface area contributed by atoms with E-state index >= 15 is 0 Å². The molecular formula is C13H17BrN2OS. The predicted octanol–water partition coefficient (Wildman–Crippen LogP) is 3.40. The highest BCUT2D eigenvalue weighted by Gasteiger charge is 2.34. The van der Waals surface area contributed by atoms with Crippen molar-refractivity contribution in [3.05, 3.63) is 28.2 Å². The van der Waals surface area contributed by atoms with E-state index in [1.54, 1.807) is 6.92 Å². The van der Waals surface area contributed by atoms with Gasteiger partial charge < -0.3 is 11.1 Å². The van der Waals surface area contributed by atoms with Crippen molar-refractivity contribution in [2.45, 2.75) is 27.2 Å². The van der Waals surface area contributed by atoms with Gasteiger partial charge in [-0.1, -0.05) is 35.1 Å². The fraction of sp³-hybridized carbons (Fsp3) is 0.385. The maximum atomic E-state index is 12.2. The summed E-state index contributed by atoms with van der Waals surface area (Å²) in [6.45, 7) is 5.62. The lowest BCUT2D eigenvalue weighted by atomic mass is 9.86. The molecule has 0 bridgehead atoms. The Morgan fingerprint density at radius 2 is 2.17 bits per heavy atom. The number of carbonyl (C=O) groups is 1. The standard InChI is InChI=1S/C13H17BrN2OS/c1-4-13(3,11(15)18)12(17)16-9-5-6-10(14)8(2)7-9/h5-7H,4H2,1-3H3,(H2,15,18)(H,16,17). The number of benzene rings is 1. The molecule has 0 aromatic heterocycles. The molecular weight excluding hydrogens is 312 g/mol. The van der Waals surface area contributed by atoms with Crippen molar-refractivity contribution >= 4 is 44.7 Å². The van der Waals surface area contributed by atoms with Gasteiger partial charge in [0.1, 0.15) is 0 Å². The van der Waals surface area contributed by atoms with Gasteiger partial charge in [-0.25, -0.2) is 0 Å². The summed E-state index contributed by atoms with van der Waals surface area (Å²) in [5.74, 6) is -0.167. The van der Waals surface area contributed by atoms with E-state index < -0.39 is 5.41 Å². The average Bonchev–Trinajstić information content (AvgIpc) is 2.32. The number of nitrogens with one attached hydrogen (secondary N) is 1. The van der Waals surface area contributed by atoms with Crippen LogP contribution in [0.2, 0.25) is 0 Å². The van der Waals surface area contributed by atoms with Gasteiger partial charge in [0.25, 0.3) is 0 Å². The Hall–Kier alpha value is -0.940. The van der Waals surface area contributed by atoms with Crippen molar-refractivity contribution in [3.63, 3.8) is 0 Å². The molecule has 1 amide bonds. The number of nitrogens with two attached hydrogens (primary N) is 1. The molecule has 0 spiro atoms. The normalized spacial score (nSPS) is 13.8. The van der Waals surface area contributed by atoms with E-state index in [2.05, 4.69) is 21.2 Å². The topological polar surface area (TPSA) is 55.1 Å². The molecule has 1 aromatic carbocycles. The summed E-state index contributed by atoms with van der Waals surface area (Å²) in [4.78, 5) is 12.4. The maximum absolute atomic E-state index is 12.2. The van der Waals surface area contributed by atoms with E-state index in [9.17, 15) is 4.79 Å². The van der Waals surface area contributed by atoms with Gasteiger partial charge in [-0.3, -0.25) is 4.79 Å². The van der Waals surface area contributed by atoms with E-state index in [4.69, 9.17) is 18.0 Å². The van der Waals surface area contributed by atoms with Crippen LogP contribution in [-0.4, -0.2) is 10.9 Å². The monoisotopic (exact) mass is 328 g/mol.